The third kappa shape index (κ3) is 0.964. The third-order valence-electron chi connectivity index (χ3n) is 0.655. The molecule has 0 aliphatic carbocycles. The van der Waals surface area contributed by atoms with E-state index >= 15 is 0 Å². The fraction of sp³-hybridized carbons (Fsp3) is 0.167. The second-order valence-corrected chi connectivity index (χ2v) is 1.12. The number of aromatic nitrogens is 1. The standard InChI is InChI=1S/C6H7NO/c1-8-6-2-4-7-5-3-6/h2-5H,1H3/i2D,3D,4D,5D. The Morgan fingerprint density at radius 1 is 1.62 bits per heavy atom. The van der Waals surface area contributed by atoms with Crippen molar-refractivity contribution in [1.82, 2.24) is 4.98 Å². The van der Waals surface area contributed by atoms with Crippen molar-refractivity contribution >= 4 is 0 Å². The summed E-state index contributed by atoms with van der Waals surface area (Å²) in [4.78, 5) is 3.36. The van der Waals surface area contributed by atoms with Crippen molar-refractivity contribution in [3.63, 3.8) is 0 Å². The van der Waals surface area contributed by atoms with Crippen LogP contribution in [0, 0.1) is 0 Å². The first kappa shape index (κ1) is 2.05. The molecule has 0 saturated carbocycles. The van der Waals surface area contributed by atoms with Crippen LogP contribution >= 0.6 is 0 Å². The van der Waals surface area contributed by atoms with Gasteiger partial charge in [-0.15, -0.1) is 0 Å². The molecule has 0 radical (unpaired) electrons. The van der Waals surface area contributed by atoms with Crippen LogP contribution in [0.2, 0.25) is 0 Å². The van der Waals surface area contributed by atoms with Crippen LogP contribution in [0.25, 0.3) is 0 Å². The second-order valence-electron chi connectivity index (χ2n) is 1.12. The summed E-state index contributed by atoms with van der Waals surface area (Å²) in [6.07, 6.45) is -0.680. The van der Waals surface area contributed by atoms with E-state index in [4.69, 9.17) is 5.48 Å². The molecule has 2 nitrogen and oxygen atoms in total. The van der Waals surface area contributed by atoms with Gasteiger partial charge in [0.05, 0.1) is 12.6 Å². The van der Waals surface area contributed by atoms with Gasteiger partial charge < -0.3 is 4.74 Å². The lowest BCUT2D eigenvalue weighted by Gasteiger charge is -1.93. The molecule has 0 amide bonds. The SMILES string of the molecule is [2H]c1nc([2H])c([2H])c(OC)c1[2H]. The first-order valence-corrected chi connectivity index (χ1v) is 2.06. The molecule has 8 heavy (non-hydrogen) atoms. The van der Waals surface area contributed by atoms with Crippen molar-refractivity contribution < 1.29 is 10.2 Å². The molecule has 42 valence electrons. The molecule has 0 bridgehead atoms. The summed E-state index contributed by atoms with van der Waals surface area (Å²) >= 11 is 0. The summed E-state index contributed by atoms with van der Waals surface area (Å²) < 4.78 is 33.4. The topological polar surface area (TPSA) is 22.1 Å². The zero-order chi connectivity index (χ0) is 9.30. The summed E-state index contributed by atoms with van der Waals surface area (Å²) in [7, 11) is 1.30. The normalized spacial score (nSPS) is 15.6. The minimum absolute atomic E-state index is 0.0694. The highest BCUT2D eigenvalue weighted by Crippen LogP contribution is 2.03. The molecule has 0 saturated heterocycles. The molecule has 0 fully saturated rings. The van der Waals surface area contributed by atoms with Gasteiger partial charge in [-0.1, -0.05) is 0 Å². The van der Waals surface area contributed by atoms with Crippen molar-refractivity contribution in [3.8, 4) is 5.75 Å². The Morgan fingerprint density at radius 3 is 2.75 bits per heavy atom. The maximum absolute atomic E-state index is 7.25. The third-order valence-corrected chi connectivity index (χ3v) is 0.655. The van der Waals surface area contributed by atoms with E-state index in [2.05, 4.69) is 9.72 Å². The van der Waals surface area contributed by atoms with Crippen molar-refractivity contribution in [3.05, 3.63) is 24.4 Å². The summed E-state index contributed by atoms with van der Waals surface area (Å²) in [5.74, 6) is -0.0694. The van der Waals surface area contributed by atoms with Crippen LogP contribution in [-0.2, 0) is 0 Å². The summed E-state index contributed by atoms with van der Waals surface area (Å²) in [6, 6.07) is -0.503. The molecule has 0 spiro atoms. The lowest BCUT2D eigenvalue weighted by molar-refractivity contribution is 0.414. The van der Waals surface area contributed by atoms with Gasteiger partial charge in [0.25, 0.3) is 0 Å². The Kier molecular flexibility index (Phi) is 0.592. The van der Waals surface area contributed by atoms with Crippen LogP contribution in [0.4, 0.5) is 0 Å². The molecule has 1 aromatic heterocycles. The monoisotopic (exact) mass is 113 g/mol. The Bertz CT molecular complexity index is 289. The number of methoxy groups -OCH3 is 1. The largest absolute Gasteiger partial charge is 0.497 e. The Labute approximate surface area is 53.7 Å². The van der Waals surface area contributed by atoms with Gasteiger partial charge in [-0.3, -0.25) is 4.98 Å². The van der Waals surface area contributed by atoms with Crippen LogP contribution in [0.3, 0.4) is 0 Å². The number of hydrogen-bond acceptors (Lipinski definition) is 2. The fourth-order valence-electron chi connectivity index (χ4n) is 0.319. The van der Waals surface area contributed by atoms with Crippen molar-refractivity contribution in [2.45, 2.75) is 0 Å². The molecule has 0 unspecified atom stereocenters. The van der Waals surface area contributed by atoms with E-state index in [1.54, 1.807) is 0 Å². The Balaban J connectivity index is 3.42. The van der Waals surface area contributed by atoms with E-state index in [0.717, 1.165) is 0 Å². The fourth-order valence-corrected chi connectivity index (χ4v) is 0.319. The van der Waals surface area contributed by atoms with Crippen LogP contribution < -0.4 is 4.74 Å². The minimum Gasteiger partial charge on any atom is -0.497 e. The van der Waals surface area contributed by atoms with Crippen LogP contribution in [0.15, 0.2) is 24.4 Å². The maximum Gasteiger partial charge on any atom is 0.121 e. The molecular weight excluding hydrogens is 102 g/mol. The molecular formula is C6H7NO. The summed E-state index contributed by atoms with van der Waals surface area (Å²) in [5.41, 5.74) is 0. The predicted molar refractivity (Wildman–Crippen MR) is 30.8 cm³/mol. The van der Waals surface area contributed by atoms with E-state index in [0.29, 0.717) is 0 Å². The van der Waals surface area contributed by atoms with Crippen molar-refractivity contribution in [2.75, 3.05) is 7.11 Å². The number of pyridine rings is 1. The van der Waals surface area contributed by atoms with Gasteiger partial charge in [0.15, 0.2) is 0 Å². The highest BCUT2D eigenvalue weighted by atomic mass is 16.5. The number of rotatable bonds is 1. The quantitative estimate of drug-likeness (QED) is 0.544. The van der Waals surface area contributed by atoms with Crippen molar-refractivity contribution in [1.29, 1.82) is 0 Å². The van der Waals surface area contributed by atoms with Gasteiger partial charge in [-0.2, -0.15) is 0 Å². The lowest BCUT2D eigenvalue weighted by atomic mass is 10.5. The van der Waals surface area contributed by atoms with E-state index in [1.807, 2.05) is 0 Å². The average molecular weight is 113 g/mol. The van der Waals surface area contributed by atoms with Gasteiger partial charge in [0.1, 0.15) is 5.75 Å². The predicted octanol–water partition coefficient (Wildman–Crippen LogP) is 1.09. The maximum atomic E-state index is 7.25. The highest BCUT2D eigenvalue weighted by Gasteiger charge is 1.81. The lowest BCUT2D eigenvalue weighted by Crippen LogP contribution is -1.80. The molecule has 0 N–H and O–H groups in total. The van der Waals surface area contributed by atoms with Crippen LogP contribution in [0.1, 0.15) is 5.48 Å². The first-order valence-electron chi connectivity index (χ1n) is 4.06. The average Bonchev–Trinajstić information content (AvgIpc) is 2.02. The van der Waals surface area contributed by atoms with Gasteiger partial charge in [-0.25, -0.2) is 0 Å². The molecule has 0 aliphatic heterocycles. The first-order chi connectivity index (χ1) is 5.57. The molecule has 1 rings (SSSR count). The molecule has 0 atom stereocenters. The van der Waals surface area contributed by atoms with Gasteiger partial charge >= 0.3 is 0 Å². The second kappa shape index (κ2) is 2.31. The van der Waals surface area contributed by atoms with E-state index < -0.39 is 0 Å². The van der Waals surface area contributed by atoms with Crippen molar-refractivity contribution in [2.24, 2.45) is 0 Å². The Morgan fingerprint density at radius 2 is 2.25 bits per heavy atom. The number of hydrogen-bond donors (Lipinski definition) is 0. The van der Waals surface area contributed by atoms with E-state index in [9.17, 15) is 0 Å². The van der Waals surface area contributed by atoms with Gasteiger partial charge in [0, 0.05) is 12.3 Å². The molecule has 2 heteroatoms. The smallest absolute Gasteiger partial charge is 0.121 e. The zero-order valence-electron chi connectivity index (χ0n) is 8.36. The Hall–Kier alpha value is -1.05. The summed E-state index contributed by atoms with van der Waals surface area (Å²) in [6.45, 7) is 0. The number of ether oxygens (including phenoxy) is 1. The minimum atomic E-state index is -0.340. The van der Waals surface area contributed by atoms with E-state index in [1.165, 1.54) is 7.11 Å². The van der Waals surface area contributed by atoms with Crippen LogP contribution in [-0.4, -0.2) is 12.1 Å². The summed E-state index contributed by atoms with van der Waals surface area (Å²) in [5, 5.41) is 0. The molecule has 0 aliphatic rings. The highest BCUT2D eigenvalue weighted by molar-refractivity contribution is 5.16. The van der Waals surface area contributed by atoms with Gasteiger partial charge in [-0.05, 0) is 12.1 Å². The molecule has 1 aromatic rings. The van der Waals surface area contributed by atoms with Crippen LogP contribution in [0.5, 0.6) is 5.75 Å². The molecule has 1 heterocycles. The van der Waals surface area contributed by atoms with Gasteiger partial charge in [0.2, 0.25) is 0 Å². The zero-order valence-corrected chi connectivity index (χ0v) is 4.36. The molecule has 0 aromatic carbocycles. The van der Waals surface area contributed by atoms with E-state index in [-0.39, 0.29) is 30.2 Å². The number of nitrogens with zero attached hydrogens (tertiary/aromatic N) is 1.